The number of hydrogen-bond acceptors (Lipinski definition) is 1. The number of hydrogen-bond donors (Lipinski definition) is 0. The van der Waals surface area contributed by atoms with Crippen molar-refractivity contribution in [3.63, 3.8) is 0 Å². The fourth-order valence-corrected chi connectivity index (χ4v) is 3.29. The molecule has 0 atom stereocenters. The first kappa shape index (κ1) is 11.0. The van der Waals surface area contributed by atoms with Crippen LogP contribution in [0.25, 0.3) is 0 Å². The highest BCUT2D eigenvalue weighted by atomic mass is 32.2. The van der Waals surface area contributed by atoms with E-state index in [4.69, 9.17) is 0 Å². The molecule has 0 aromatic heterocycles. The van der Waals surface area contributed by atoms with E-state index in [2.05, 4.69) is 19.1 Å². The third kappa shape index (κ3) is 2.75. The van der Waals surface area contributed by atoms with Crippen LogP contribution in [0.5, 0.6) is 0 Å². The summed E-state index contributed by atoms with van der Waals surface area (Å²) in [5.41, 5.74) is 1.44. The standard InChI is InChI=1S/C13H17FS/c1-11-4-2-3-5-12(11)10-13(14)6-8-15-9-7-13/h2-5H,6-10H2,1H3. The summed E-state index contributed by atoms with van der Waals surface area (Å²) in [7, 11) is 0. The van der Waals surface area contributed by atoms with Gasteiger partial charge in [0.05, 0.1) is 0 Å². The first-order valence-electron chi connectivity index (χ1n) is 5.51. The molecule has 15 heavy (non-hydrogen) atoms. The molecule has 1 aliphatic rings. The zero-order valence-electron chi connectivity index (χ0n) is 9.13. The van der Waals surface area contributed by atoms with Crippen LogP contribution in [0.2, 0.25) is 0 Å². The number of halogens is 1. The minimum Gasteiger partial charge on any atom is -0.243 e. The van der Waals surface area contributed by atoms with Gasteiger partial charge in [0.15, 0.2) is 0 Å². The Labute approximate surface area is 95.3 Å². The number of benzene rings is 1. The quantitative estimate of drug-likeness (QED) is 0.737. The van der Waals surface area contributed by atoms with Crippen LogP contribution in [-0.4, -0.2) is 17.2 Å². The molecule has 1 saturated heterocycles. The fraction of sp³-hybridized carbons (Fsp3) is 0.538. The molecule has 1 aromatic rings. The molecule has 1 aliphatic heterocycles. The van der Waals surface area contributed by atoms with E-state index in [9.17, 15) is 4.39 Å². The second kappa shape index (κ2) is 4.56. The number of thioether (sulfide) groups is 1. The van der Waals surface area contributed by atoms with Crippen LogP contribution < -0.4 is 0 Å². The van der Waals surface area contributed by atoms with E-state index in [1.54, 1.807) is 0 Å². The van der Waals surface area contributed by atoms with Gasteiger partial charge in [0, 0.05) is 6.42 Å². The van der Waals surface area contributed by atoms with Crippen LogP contribution in [0.15, 0.2) is 24.3 Å². The van der Waals surface area contributed by atoms with Gasteiger partial charge in [-0.25, -0.2) is 4.39 Å². The average molecular weight is 224 g/mol. The molecule has 0 amide bonds. The lowest BCUT2D eigenvalue weighted by molar-refractivity contribution is 0.150. The van der Waals surface area contributed by atoms with Gasteiger partial charge in [0.2, 0.25) is 0 Å². The van der Waals surface area contributed by atoms with E-state index >= 15 is 0 Å². The summed E-state index contributed by atoms with van der Waals surface area (Å²) in [5.74, 6) is 1.95. The van der Waals surface area contributed by atoms with Gasteiger partial charge >= 0.3 is 0 Å². The van der Waals surface area contributed by atoms with Gasteiger partial charge in [0.1, 0.15) is 5.67 Å². The molecular weight excluding hydrogens is 207 g/mol. The molecular formula is C13H17FS. The van der Waals surface area contributed by atoms with E-state index in [1.807, 2.05) is 23.9 Å². The Morgan fingerprint density at radius 3 is 2.60 bits per heavy atom. The van der Waals surface area contributed by atoms with Gasteiger partial charge in [-0.1, -0.05) is 24.3 Å². The van der Waals surface area contributed by atoms with Gasteiger partial charge < -0.3 is 0 Å². The normalized spacial score (nSPS) is 20.1. The molecule has 0 bridgehead atoms. The predicted molar refractivity (Wildman–Crippen MR) is 65.3 cm³/mol. The van der Waals surface area contributed by atoms with Crippen molar-refractivity contribution in [2.75, 3.05) is 11.5 Å². The summed E-state index contributed by atoms with van der Waals surface area (Å²) in [5, 5.41) is 0. The monoisotopic (exact) mass is 224 g/mol. The smallest absolute Gasteiger partial charge is 0.116 e. The van der Waals surface area contributed by atoms with Crippen molar-refractivity contribution < 1.29 is 4.39 Å². The summed E-state index contributed by atoms with van der Waals surface area (Å²) >= 11 is 1.87. The lowest BCUT2D eigenvalue weighted by atomic mass is 9.89. The zero-order valence-corrected chi connectivity index (χ0v) is 9.95. The lowest BCUT2D eigenvalue weighted by Gasteiger charge is -2.29. The molecule has 0 nitrogen and oxygen atoms in total. The molecule has 0 radical (unpaired) electrons. The highest BCUT2D eigenvalue weighted by Crippen LogP contribution is 2.34. The fourth-order valence-electron chi connectivity index (χ4n) is 2.06. The Hall–Kier alpha value is -0.500. The lowest BCUT2D eigenvalue weighted by Crippen LogP contribution is -2.31. The van der Waals surface area contributed by atoms with Gasteiger partial charge in [-0.2, -0.15) is 11.8 Å². The van der Waals surface area contributed by atoms with Gasteiger partial charge in [-0.3, -0.25) is 0 Å². The first-order chi connectivity index (χ1) is 7.20. The van der Waals surface area contributed by atoms with Crippen molar-refractivity contribution in [2.45, 2.75) is 31.9 Å². The van der Waals surface area contributed by atoms with Crippen LogP contribution in [0.1, 0.15) is 24.0 Å². The molecule has 82 valence electrons. The van der Waals surface area contributed by atoms with Crippen molar-refractivity contribution >= 4 is 11.8 Å². The second-order valence-corrected chi connectivity index (χ2v) is 5.59. The maximum Gasteiger partial charge on any atom is 0.116 e. The van der Waals surface area contributed by atoms with Gasteiger partial charge in [-0.05, 0) is 42.4 Å². The molecule has 2 heteroatoms. The maximum atomic E-state index is 14.4. The first-order valence-corrected chi connectivity index (χ1v) is 6.66. The third-order valence-electron chi connectivity index (χ3n) is 3.16. The Morgan fingerprint density at radius 1 is 1.27 bits per heavy atom. The van der Waals surface area contributed by atoms with Crippen LogP contribution in [0, 0.1) is 6.92 Å². The second-order valence-electron chi connectivity index (χ2n) is 4.37. The van der Waals surface area contributed by atoms with Crippen molar-refractivity contribution in [1.82, 2.24) is 0 Å². The molecule has 0 unspecified atom stereocenters. The topological polar surface area (TPSA) is 0 Å². The molecule has 0 spiro atoms. The molecule has 0 saturated carbocycles. The van der Waals surface area contributed by atoms with Crippen molar-refractivity contribution in [1.29, 1.82) is 0 Å². The molecule has 2 rings (SSSR count). The van der Waals surface area contributed by atoms with E-state index in [0.29, 0.717) is 19.3 Å². The predicted octanol–water partition coefficient (Wildman–Crippen LogP) is 3.77. The maximum absolute atomic E-state index is 14.4. The largest absolute Gasteiger partial charge is 0.243 e. The van der Waals surface area contributed by atoms with Crippen LogP contribution in [0.3, 0.4) is 0 Å². The Balaban J connectivity index is 2.10. The van der Waals surface area contributed by atoms with E-state index < -0.39 is 5.67 Å². The molecule has 0 N–H and O–H groups in total. The highest BCUT2D eigenvalue weighted by molar-refractivity contribution is 7.99. The third-order valence-corrected chi connectivity index (χ3v) is 4.14. The number of alkyl halides is 1. The van der Waals surface area contributed by atoms with Gasteiger partial charge in [0.25, 0.3) is 0 Å². The van der Waals surface area contributed by atoms with Crippen LogP contribution >= 0.6 is 11.8 Å². The molecule has 0 aliphatic carbocycles. The average Bonchev–Trinajstić information content (AvgIpc) is 2.22. The molecule has 1 aromatic carbocycles. The Kier molecular flexibility index (Phi) is 3.35. The highest BCUT2D eigenvalue weighted by Gasteiger charge is 2.32. The van der Waals surface area contributed by atoms with Gasteiger partial charge in [-0.15, -0.1) is 0 Å². The SMILES string of the molecule is Cc1ccccc1CC1(F)CCSCC1. The van der Waals surface area contributed by atoms with E-state index in [1.165, 1.54) is 11.1 Å². The number of rotatable bonds is 2. The van der Waals surface area contributed by atoms with E-state index in [-0.39, 0.29) is 0 Å². The minimum atomic E-state index is -0.947. The van der Waals surface area contributed by atoms with Crippen molar-refractivity contribution in [3.8, 4) is 0 Å². The summed E-state index contributed by atoms with van der Waals surface area (Å²) in [4.78, 5) is 0. The summed E-state index contributed by atoms with van der Waals surface area (Å²) in [6.07, 6.45) is 2.03. The minimum absolute atomic E-state index is 0.597. The summed E-state index contributed by atoms with van der Waals surface area (Å²) < 4.78 is 14.4. The molecule has 1 heterocycles. The van der Waals surface area contributed by atoms with E-state index in [0.717, 1.165) is 11.5 Å². The molecule has 1 fully saturated rings. The number of aryl methyl sites for hydroxylation is 1. The van der Waals surface area contributed by atoms with Crippen molar-refractivity contribution in [3.05, 3.63) is 35.4 Å². The summed E-state index contributed by atoms with van der Waals surface area (Å²) in [6, 6.07) is 8.14. The van der Waals surface area contributed by atoms with Crippen molar-refractivity contribution in [2.24, 2.45) is 0 Å². The van der Waals surface area contributed by atoms with Crippen LogP contribution in [-0.2, 0) is 6.42 Å². The Bertz CT molecular complexity index is 329. The Morgan fingerprint density at radius 2 is 1.93 bits per heavy atom. The zero-order chi connectivity index (χ0) is 10.7. The summed E-state index contributed by atoms with van der Waals surface area (Å²) in [6.45, 7) is 2.07. The van der Waals surface area contributed by atoms with Crippen LogP contribution in [0.4, 0.5) is 4.39 Å².